The van der Waals surface area contributed by atoms with E-state index in [0.29, 0.717) is 13.0 Å². The fraction of sp³-hybridized carbons (Fsp3) is 0.800. The molecule has 1 amide bonds. The van der Waals surface area contributed by atoms with Crippen molar-refractivity contribution < 1.29 is 14.7 Å². The first-order valence-electron chi connectivity index (χ1n) is 5.50. The molecule has 0 aromatic heterocycles. The highest BCUT2D eigenvalue weighted by Crippen LogP contribution is 2.23. The molecule has 0 aromatic rings. The number of hydrogen-bond acceptors (Lipinski definition) is 4. The van der Waals surface area contributed by atoms with Crippen LogP contribution < -0.4 is 5.32 Å². The minimum Gasteiger partial charge on any atom is -0.480 e. The lowest BCUT2D eigenvalue weighted by Crippen LogP contribution is -2.49. The SMILES string of the molecule is CC1NC(C(=O)N2CCC[C@H]2C(=O)O)CS1. The molecule has 3 atom stereocenters. The Balaban J connectivity index is 2.01. The van der Waals surface area contributed by atoms with Gasteiger partial charge in [-0.05, 0) is 19.8 Å². The van der Waals surface area contributed by atoms with Crippen LogP contribution in [0.25, 0.3) is 0 Å². The van der Waals surface area contributed by atoms with Gasteiger partial charge in [-0.2, -0.15) is 0 Å². The number of nitrogens with zero attached hydrogens (tertiary/aromatic N) is 1. The lowest BCUT2D eigenvalue weighted by Gasteiger charge is -2.24. The van der Waals surface area contributed by atoms with Crippen LogP contribution in [0.15, 0.2) is 0 Å². The molecule has 2 rings (SSSR count). The summed E-state index contributed by atoms with van der Waals surface area (Å²) in [5, 5.41) is 12.5. The van der Waals surface area contributed by atoms with E-state index in [2.05, 4.69) is 5.32 Å². The summed E-state index contributed by atoms with van der Waals surface area (Å²) in [5.74, 6) is -0.200. The van der Waals surface area contributed by atoms with Gasteiger partial charge in [-0.3, -0.25) is 10.1 Å². The number of carbonyl (C=O) groups excluding carboxylic acids is 1. The first-order chi connectivity index (χ1) is 7.59. The van der Waals surface area contributed by atoms with E-state index >= 15 is 0 Å². The molecule has 2 fully saturated rings. The summed E-state index contributed by atoms with van der Waals surface area (Å²) in [6.45, 7) is 2.59. The van der Waals surface area contributed by atoms with Gasteiger partial charge in [0.25, 0.3) is 0 Å². The molecule has 0 saturated carbocycles. The number of carboxylic acids is 1. The van der Waals surface area contributed by atoms with Crippen molar-refractivity contribution in [2.75, 3.05) is 12.3 Å². The molecule has 0 spiro atoms. The maximum Gasteiger partial charge on any atom is 0.326 e. The number of carbonyl (C=O) groups is 2. The number of rotatable bonds is 2. The molecule has 2 aliphatic heterocycles. The quantitative estimate of drug-likeness (QED) is 0.721. The average molecular weight is 244 g/mol. The highest BCUT2D eigenvalue weighted by Gasteiger charge is 2.38. The lowest BCUT2D eigenvalue weighted by atomic mass is 10.2. The molecule has 2 unspecified atom stereocenters. The summed E-state index contributed by atoms with van der Waals surface area (Å²) in [7, 11) is 0. The van der Waals surface area contributed by atoms with Gasteiger partial charge < -0.3 is 10.0 Å². The molecular formula is C10H16N2O3S. The molecule has 0 bridgehead atoms. The van der Waals surface area contributed by atoms with Gasteiger partial charge in [-0.1, -0.05) is 0 Å². The van der Waals surface area contributed by atoms with Crippen molar-refractivity contribution in [3.8, 4) is 0 Å². The van der Waals surface area contributed by atoms with Crippen molar-refractivity contribution in [1.82, 2.24) is 10.2 Å². The predicted molar refractivity (Wildman–Crippen MR) is 61.2 cm³/mol. The third-order valence-electron chi connectivity index (χ3n) is 3.07. The normalized spacial score (nSPS) is 34.3. The molecule has 90 valence electrons. The molecule has 6 heteroatoms. The van der Waals surface area contributed by atoms with Crippen molar-refractivity contribution >= 4 is 23.6 Å². The summed E-state index contributed by atoms with van der Waals surface area (Å²) in [4.78, 5) is 24.6. The number of amides is 1. The topological polar surface area (TPSA) is 69.6 Å². The van der Waals surface area contributed by atoms with Gasteiger partial charge in [0.05, 0.1) is 11.4 Å². The van der Waals surface area contributed by atoms with Crippen LogP contribution in [-0.4, -0.2) is 51.6 Å². The van der Waals surface area contributed by atoms with E-state index in [1.807, 2.05) is 6.92 Å². The molecule has 2 aliphatic rings. The Labute approximate surface area is 98.6 Å². The standard InChI is InChI=1S/C10H16N2O3S/c1-6-11-7(5-16-6)9(13)12-4-2-3-8(12)10(14)15/h6-8,11H,2-5H2,1H3,(H,14,15)/t6?,7?,8-/m0/s1. The first kappa shape index (κ1) is 11.7. The van der Waals surface area contributed by atoms with Gasteiger partial charge in [-0.25, -0.2) is 4.79 Å². The van der Waals surface area contributed by atoms with Gasteiger partial charge >= 0.3 is 5.97 Å². The third-order valence-corrected chi connectivity index (χ3v) is 4.23. The Morgan fingerprint density at radius 1 is 1.50 bits per heavy atom. The molecular weight excluding hydrogens is 228 g/mol. The zero-order valence-electron chi connectivity index (χ0n) is 9.18. The van der Waals surface area contributed by atoms with E-state index in [1.54, 1.807) is 11.8 Å². The maximum atomic E-state index is 12.1. The fourth-order valence-corrected chi connectivity index (χ4v) is 3.23. The second-order valence-electron chi connectivity index (χ2n) is 4.22. The smallest absolute Gasteiger partial charge is 0.326 e. The predicted octanol–water partition coefficient (Wildman–Crippen LogP) is 0.113. The molecule has 5 nitrogen and oxygen atoms in total. The number of likely N-dealkylation sites (tertiary alicyclic amines) is 1. The van der Waals surface area contributed by atoms with Crippen LogP contribution in [0.5, 0.6) is 0 Å². The van der Waals surface area contributed by atoms with E-state index in [9.17, 15) is 9.59 Å². The highest BCUT2D eigenvalue weighted by molar-refractivity contribution is 8.00. The van der Waals surface area contributed by atoms with E-state index in [-0.39, 0.29) is 17.3 Å². The number of nitrogens with one attached hydrogen (secondary N) is 1. The Hall–Kier alpha value is -0.750. The number of thioether (sulfide) groups is 1. The summed E-state index contributed by atoms with van der Waals surface area (Å²) < 4.78 is 0. The Morgan fingerprint density at radius 3 is 2.81 bits per heavy atom. The van der Waals surface area contributed by atoms with Crippen molar-refractivity contribution in [2.45, 2.75) is 37.2 Å². The third kappa shape index (κ3) is 2.17. The summed E-state index contributed by atoms with van der Waals surface area (Å²) in [5.41, 5.74) is 0. The molecule has 2 saturated heterocycles. The minimum absolute atomic E-state index is 0.0539. The largest absolute Gasteiger partial charge is 0.480 e. The van der Waals surface area contributed by atoms with Crippen molar-refractivity contribution in [1.29, 1.82) is 0 Å². The second-order valence-corrected chi connectivity index (χ2v) is 5.60. The van der Waals surface area contributed by atoms with Crippen molar-refractivity contribution in [2.24, 2.45) is 0 Å². The molecule has 0 radical (unpaired) electrons. The van der Waals surface area contributed by atoms with Crippen LogP contribution in [0, 0.1) is 0 Å². The number of aliphatic carboxylic acids is 1. The minimum atomic E-state index is -0.885. The highest BCUT2D eigenvalue weighted by atomic mass is 32.2. The van der Waals surface area contributed by atoms with Gasteiger partial charge in [-0.15, -0.1) is 11.8 Å². The molecule has 2 N–H and O–H groups in total. The van der Waals surface area contributed by atoms with Gasteiger partial charge in [0, 0.05) is 12.3 Å². The monoisotopic (exact) mass is 244 g/mol. The Bertz CT molecular complexity index is 310. The molecule has 16 heavy (non-hydrogen) atoms. The Kier molecular flexibility index (Phi) is 3.39. The summed E-state index contributed by atoms with van der Waals surface area (Å²) >= 11 is 1.70. The van der Waals surface area contributed by atoms with Gasteiger partial charge in [0.15, 0.2) is 0 Å². The lowest BCUT2D eigenvalue weighted by molar-refractivity contribution is -0.148. The van der Waals surface area contributed by atoms with Crippen LogP contribution in [0.4, 0.5) is 0 Å². The van der Waals surface area contributed by atoms with E-state index in [4.69, 9.17) is 5.11 Å². The van der Waals surface area contributed by atoms with Crippen LogP contribution in [0.2, 0.25) is 0 Å². The zero-order chi connectivity index (χ0) is 11.7. The summed E-state index contributed by atoms with van der Waals surface area (Å²) in [6.07, 6.45) is 1.37. The maximum absolute atomic E-state index is 12.1. The van der Waals surface area contributed by atoms with Crippen LogP contribution >= 0.6 is 11.8 Å². The second kappa shape index (κ2) is 4.63. The van der Waals surface area contributed by atoms with Gasteiger partial charge in [0.2, 0.25) is 5.91 Å². The summed E-state index contributed by atoms with van der Waals surface area (Å²) in [6, 6.07) is -0.824. The zero-order valence-corrected chi connectivity index (χ0v) is 10.00. The van der Waals surface area contributed by atoms with Gasteiger partial charge in [0.1, 0.15) is 6.04 Å². The Morgan fingerprint density at radius 2 is 2.25 bits per heavy atom. The first-order valence-corrected chi connectivity index (χ1v) is 6.55. The van der Waals surface area contributed by atoms with Crippen LogP contribution in [-0.2, 0) is 9.59 Å². The van der Waals surface area contributed by atoms with Crippen LogP contribution in [0.1, 0.15) is 19.8 Å². The van der Waals surface area contributed by atoms with Crippen molar-refractivity contribution in [3.05, 3.63) is 0 Å². The average Bonchev–Trinajstić information content (AvgIpc) is 2.84. The number of hydrogen-bond donors (Lipinski definition) is 2. The number of carboxylic acid groups (broad SMARTS) is 1. The van der Waals surface area contributed by atoms with Crippen LogP contribution in [0.3, 0.4) is 0 Å². The van der Waals surface area contributed by atoms with E-state index in [1.165, 1.54) is 4.90 Å². The fourth-order valence-electron chi connectivity index (χ4n) is 2.25. The van der Waals surface area contributed by atoms with Crippen molar-refractivity contribution in [3.63, 3.8) is 0 Å². The molecule has 0 aromatic carbocycles. The molecule has 2 heterocycles. The van der Waals surface area contributed by atoms with E-state index < -0.39 is 12.0 Å². The van der Waals surface area contributed by atoms with E-state index in [0.717, 1.165) is 12.2 Å². The molecule has 0 aliphatic carbocycles.